The predicted molar refractivity (Wildman–Crippen MR) is 103 cm³/mol. The smallest absolute Gasteiger partial charge is 0.282 e. The molecule has 148 valence electrons. The molecule has 0 saturated carbocycles. The first-order valence-electron chi connectivity index (χ1n) is 8.47. The van der Waals surface area contributed by atoms with Gasteiger partial charge in [0.05, 0.1) is 19.1 Å². The highest BCUT2D eigenvalue weighted by Crippen LogP contribution is 2.43. The lowest BCUT2D eigenvalue weighted by Crippen LogP contribution is -2.28. The lowest BCUT2D eigenvalue weighted by Gasteiger charge is -2.14. The molecule has 0 unspecified atom stereocenters. The second kappa shape index (κ2) is 8.43. The maximum Gasteiger partial charge on any atom is 0.282 e. The molecule has 0 bridgehead atoms. The van der Waals surface area contributed by atoms with Gasteiger partial charge in [-0.1, -0.05) is 18.2 Å². The van der Waals surface area contributed by atoms with Gasteiger partial charge in [0.2, 0.25) is 0 Å². The lowest BCUT2D eigenvalue weighted by molar-refractivity contribution is -0.129. The molecule has 2 aromatic carbocycles. The number of alkyl halides is 2. The van der Waals surface area contributed by atoms with Gasteiger partial charge in [-0.3, -0.25) is 4.79 Å². The number of hydroxylamine groups is 1. The second-order valence-electron chi connectivity index (χ2n) is 6.00. The maximum atomic E-state index is 14.6. The summed E-state index contributed by atoms with van der Waals surface area (Å²) in [6.45, 7) is 0. The van der Waals surface area contributed by atoms with E-state index in [0.29, 0.717) is 27.3 Å². The summed E-state index contributed by atoms with van der Waals surface area (Å²) >= 11 is 0.966. The molecule has 5 nitrogen and oxygen atoms in total. The Morgan fingerprint density at radius 3 is 2.43 bits per heavy atom. The highest BCUT2D eigenvalue weighted by Gasteiger charge is 2.34. The quantitative estimate of drug-likeness (QED) is 0.540. The van der Waals surface area contributed by atoms with Crippen LogP contribution < -0.4 is 19.8 Å². The van der Waals surface area contributed by atoms with Gasteiger partial charge in [0, 0.05) is 23.6 Å². The van der Waals surface area contributed by atoms with Gasteiger partial charge < -0.3 is 14.3 Å². The Bertz CT molecular complexity index is 918. The minimum absolute atomic E-state index is 0.116. The third kappa shape index (κ3) is 4.51. The highest BCUT2D eigenvalue weighted by molar-refractivity contribution is 7.19. The third-order valence-electron chi connectivity index (χ3n) is 4.07. The van der Waals surface area contributed by atoms with E-state index in [1.54, 1.807) is 42.5 Å². The van der Waals surface area contributed by atoms with Crippen molar-refractivity contribution in [2.24, 2.45) is 0 Å². The summed E-state index contributed by atoms with van der Waals surface area (Å²) in [5, 5.41) is 0.634. The van der Waals surface area contributed by atoms with Crippen molar-refractivity contribution in [3.8, 4) is 17.2 Å². The largest absolute Gasteiger partial charge is 0.493 e. The number of nitrogens with one attached hydrogen (secondary N) is 1. The normalized spacial score (nSPS) is 11.3. The Morgan fingerprint density at radius 1 is 1.07 bits per heavy atom. The zero-order valence-corrected chi connectivity index (χ0v) is 16.1. The van der Waals surface area contributed by atoms with E-state index in [-0.39, 0.29) is 11.3 Å². The number of ether oxygens (including phenoxy) is 2. The Labute approximate surface area is 164 Å². The van der Waals surface area contributed by atoms with Gasteiger partial charge >= 0.3 is 0 Å². The Hall–Kier alpha value is -2.87. The van der Waals surface area contributed by atoms with Gasteiger partial charge in [-0.25, -0.2) is 8.78 Å². The molecule has 1 heterocycles. The average Bonchev–Trinajstić information content (AvgIpc) is 3.14. The van der Waals surface area contributed by atoms with E-state index in [2.05, 4.69) is 5.48 Å². The third-order valence-corrected chi connectivity index (χ3v) is 5.28. The molecular weight excluding hydrogens is 388 g/mol. The molecule has 0 saturated heterocycles. The molecule has 0 aliphatic carbocycles. The van der Waals surface area contributed by atoms with Crippen LogP contribution in [0.3, 0.4) is 0 Å². The number of fused-ring (bicyclic) bond motifs is 1. The molecular formula is C20H19F2NO4S. The van der Waals surface area contributed by atoms with Crippen molar-refractivity contribution in [1.29, 1.82) is 0 Å². The number of methoxy groups -OCH3 is 2. The maximum absolute atomic E-state index is 14.6. The van der Waals surface area contributed by atoms with E-state index in [4.69, 9.17) is 14.3 Å². The van der Waals surface area contributed by atoms with E-state index in [0.717, 1.165) is 11.3 Å². The van der Waals surface area contributed by atoms with Crippen LogP contribution in [0.2, 0.25) is 0 Å². The topological polar surface area (TPSA) is 56.8 Å². The monoisotopic (exact) mass is 407 g/mol. The van der Waals surface area contributed by atoms with Gasteiger partial charge in [-0.15, -0.1) is 11.3 Å². The number of para-hydroxylation sites is 1. The van der Waals surface area contributed by atoms with Crippen molar-refractivity contribution >= 4 is 27.3 Å². The molecule has 8 heteroatoms. The van der Waals surface area contributed by atoms with E-state index in [9.17, 15) is 13.6 Å². The number of carbonyl (C=O) groups is 1. The Balaban J connectivity index is 1.65. The zero-order chi connectivity index (χ0) is 20.1. The molecule has 0 aliphatic heterocycles. The van der Waals surface area contributed by atoms with Crippen LogP contribution in [-0.4, -0.2) is 20.1 Å². The molecule has 28 heavy (non-hydrogen) atoms. The first-order valence-corrected chi connectivity index (χ1v) is 9.29. The van der Waals surface area contributed by atoms with E-state index >= 15 is 0 Å². The van der Waals surface area contributed by atoms with Gasteiger partial charge in [0.1, 0.15) is 0 Å². The molecule has 1 aromatic heterocycles. The van der Waals surface area contributed by atoms with Crippen LogP contribution in [-0.2, 0) is 10.7 Å². The summed E-state index contributed by atoms with van der Waals surface area (Å²) in [5.41, 5.74) is 2.18. The first-order chi connectivity index (χ1) is 13.4. The van der Waals surface area contributed by atoms with Crippen LogP contribution in [0.5, 0.6) is 17.2 Å². The van der Waals surface area contributed by atoms with Crippen LogP contribution >= 0.6 is 11.3 Å². The van der Waals surface area contributed by atoms with E-state index < -0.39 is 18.3 Å². The summed E-state index contributed by atoms with van der Waals surface area (Å²) in [6.07, 6.45) is -1.00. The van der Waals surface area contributed by atoms with E-state index in [1.165, 1.54) is 20.3 Å². The average molecular weight is 407 g/mol. The zero-order valence-electron chi connectivity index (χ0n) is 15.3. The number of benzene rings is 2. The van der Waals surface area contributed by atoms with Gasteiger partial charge in [0.25, 0.3) is 11.8 Å². The van der Waals surface area contributed by atoms with Crippen molar-refractivity contribution in [3.05, 3.63) is 53.4 Å². The Kier molecular flexibility index (Phi) is 5.99. The summed E-state index contributed by atoms with van der Waals surface area (Å²) in [7, 11) is 2.98. The molecule has 0 fully saturated rings. The fourth-order valence-electron chi connectivity index (χ4n) is 2.60. The molecule has 0 aliphatic rings. The standard InChI is InChI=1S/C20H19F2NO4S/c1-25-15-10-13-11-18(28-17(13)12-16(15)26-2)20(21,22)9-8-19(24)23-27-14-6-4-3-5-7-14/h3-7,10-12H,8-9H2,1-2H3,(H,23,24). The van der Waals surface area contributed by atoms with Crippen LogP contribution in [0.25, 0.3) is 10.1 Å². The van der Waals surface area contributed by atoms with Crippen LogP contribution in [0.4, 0.5) is 8.78 Å². The minimum Gasteiger partial charge on any atom is -0.493 e. The molecule has 1 amide bonds. The van der Waals surface area contributed by atoms with Gasteiger partial charge in [0.15, 0.2) is 17.2 Å². The predicted octanol–water partition coefficient (Wildman–Crippen LogP) is 4.90. The fourth-order valence-corrected chi connectivity index (χ4v) is 3.67. The van der Waals surface area contributed by atoms with E-state index in [1.807, 2.05) is 0 Å². The van der Waals surface area contributed by atoms with Gasteiger partial charge in [-0.05, 0) is 29.7 Å². The molecule has 3 aromatic rings. The molecule has 0 atom stereocenters. The van der Waals surface area contributed by atoms with Crippen LogP contribution in [0.15, 0.2) is 48.5 Å². The first kappa shape index (κ1) is 19.9. The number of thiophene rings is 1. The summed E-state index contributed by atoms with van der Waals surface area (Å²) in [5.74, 6) is -2.39. The number of carbonyl (C=O) groups excluding carboxylic acids is 1. The second-order valence-corrected chi connectivity index (χ2v) is 7.08. The van der Waals surface area contributed by atoms with Crippen LogP contribution in [0.1, 0.15) is 17.7 Å². The number of rotatable bonds is 8. The molecule has 3 rings (SSSR count). The number of amides is 1. The minimum atomic E-state index is -3.14. The Morgan fingerprint density at radius 2 is 1.75 bits per heavy atom. The molecule has 0 spiro atoms. The van der Waals surface area contributed by atoms with Crippen LogP contribution in [0, 0.1) is 0 Å². The van der Waals surface area contributed by atoms with Crippen molar-refractivity contribution in [2.45, 2.75) is 18.8 Å². The van der Waals surface area contributed by atoms with Gasteiger partial charge in [-0.2, -0.15) is 5.48 Å². The van der Waals surface area contributed by atoms with Crippen molar-refractivity contribution in [2.75, 3.05) is 14.2 Å². The summed E-state index contributed by atoms with van der Waals surface area (Å²) < 4.78 is 40.3. The number of hydrogen-bond acceptors (Lipinski definition) is 5. The summed E-state index contributed by atoms with van der Waals surface area (Å²) in [4.78, 5) is 16.8. The highest BCUT2D eigenvalue weighted by atomic mass is 32.1. The number of hydrogen-bond donors (Lipinski definition) is 1. The molecule has 1 N–H and O–H groups in total. The van der Waals surface area contributed by atoms with Crippen molar-refractivity contribution in [3.63, 3.8) is 0 Å². The fraction of sp³-hybridized carbons (Fsp3) is 0.250. The van der Waals surface area contributed by atoms with Crippen molar-refractivity contribution in [1.82, 2.24) is 5.48 Å². The molecule has 0 radical (unpaired) electrons. The SMILES string of the molecule is COc1cc2cc(C(F)(F)CCC(=O)NOc3ccccc3)sc2cc1OC. The summed E-state index contributed by atoms with van der Waals surface area (Å²) in [6, 6.07) is 13.3. The lowest BCUT2D eigenvalue weighted by atomic mass is 10.1. The number of halogens is 2. The van der Waals surface area contributed by atoms with Crippen molar-refractivity contribution < 1.29 is 27.9 Å².